The molecule has 2 unspecified atom stereocenters. The van der Waals surface area contributed by atoms with Crippen molar-refractivity contribution in [1.29, 1.82) is 0 Å². The number of fused-ring (bicyclic) bond motifs is 1. The lowest BCUT2D eigenvalue weighted by molar-refractivity contribution is -0.135. The molecule has 0 bridgehead atoms. The minimum atomic E-state index is -0.626. The van der Waals surface area contributed by atoms with Gasteiger partial charge in [-0.3, -0.25) is 14.5 Å². The van der Waals surface area contributed by atoms with Crippen molar-refractivity contribution in [2.75, 3.05) is 4.90 Å². The number of amides is 1. The maximum Gasteiger partial charge on any atom is 0.295 e. The van der Waals surface area contributed by atoms with Gasteiger partial charge < -0.3 is 10.1 Å². The molecule has 1 aromatic heterocycles. The fourth-order valence-corrected chi connectivity index (χ4v) is 3.51. The Labute approximate surface area is 148 Å². The van der Waals surface area contributed by atoms with Crippen LogP contribution in [0.2, 0.25) is 5.02 Å². The van der Waals surface area contributed by atoms with E-state index in [0.29, 0.717) is 16.3 Å². The van der Waals surface area contributed by atoms with E-state index in [9.17, 15) is 14.7 Å². The number of carbonyl (C=O) groups is 2. The largest absolute Gasteiger partial charge is 0.508 e. The van der Waals surface area contributed by atoms with Crippen LogP contribution in [-0.4, -0.2) is 26.8 Å². The van der Waals surface area contributed by atoms with E-state index in [4.69, 9.17) is 11.6 Å². The zero-order valence-corrected chi connectivity index (χ0v) is 14.0. The third-order valence-corrected chi connectivity index (χ3v) is 4.82. The number of Topliss-reactive ketones (excluding diaryl/α,β-unsaturated/α-hetero) is 1. The van der Waals surface area contributed by atoms with Crippen LogP contribution in [0.1, 0.15) is 18.5 Å². The van der Waals surface area contributed by atoms with E-state index >= 15 is 0 Å². The predicted octanol–water partition coefficient (Wildman–Crippen LogP) is 3.22. The number of nitrogens with one attached hydrogen (secondary N) is 1. The van der Waals surface area contributed by atoms with Gasteiger partial charge in [-0.25, -0.2) is 4.98 Å². The minimum absolute atomic E-state index is 0.00336. The molecule has 4 rings (SSSR count). The van der Waals surface area contributed by atoms with E-state index in [-0.39, 0.29) is 5.75 Å². The summed E-state index contributed by atoms with van der Waals surface area (Å²) < 4.78 is 0. The zero-order chi connectivity index (χ0) is 17.7. The fourth-order valence-electron chi connectivity index (χ4n) is 3.33. The first-order valence-electron chi connectivity index (χ1n) is 7.76. The van der Waals surface area contributed by atoms with Gasteiger partial charge in [0.05, 0.1) is 23.4 Å². The molecule has 0 radical (unpaired) electrons. The van der Waals surface area contributed by atoms with Gasteiger partial charge in [0.2, 0.25) is 5.78 Å². The molecule has 2 aromatic carbocycles. The number of aromatic hydroxyl groups is 1. The lowest BCUT2D eigenvalue weighted by Crippen LogP contribution is -2.29. The van der Waals surface area contributed by atoms with Gasteiger partial charge in [-0.2, -0.15) is 0 Å². The topological polar surface area (TPSA) is 86.3 Å². The average Bonchev–Trinajstić information content (AvgIpc) is 3.15. The molecular weight excluding hydrogens is 342 g/mol. The first-order valence-corrected chi connectivity index (χ1v) is 8.14. The maximum atomic E-state index is 12.6. The van der Waals surface area contributed by atoms with Crippen molar-refractivity contribution in [3.05, 3.63) is 53.3 Å². The van der Waals surface area contributed by atoms with Gasteiger partial charge in [0.15, 0.2) is 0 Å². The molecule has 25 heavy (non-hydrogen) atoms. The van der Waals surface area contributed by atoms with Gasteiger partial charge in [0, 0.05) is 22.2 Å². The van der Waals surface area contributed by atoms with Crippen LogP contribution in [-0.2, 0) is 9.59 Å². The highest BCUT2D eigenvalue weighted by molar-refractivity contribution is 6.45. The number of anilines is 1. The average molecular weight is 356 g/mol. The number of ketones is 1. The van der Waals surface area contributed by atoms with Crippen LogP contribution in [0.5, 0.6) is 5.75 Å². The lowest BCUT2D eigenvalue weighted by atomic mass is 9.93. The first kappa shape index (κ1) is 15.7. The van der Waals surface area contributed by atoms with Gasteiger partial charge in [0.1, 0.15) is 5.75 Å². The monoisotopic (exact) mass is 355 g/mol. The van der Waals surface area contributed by atoms with Crippen molar-refractivity contribution >= 4 is 40.0 Å². The summed E-state index contributed by atoms with van der Waals surface area (Å²) in [6.07, 6.45) is 1.56. The zero-order valence-electron chi connectivity index (χ0n) is 13.2. The number of aromatic amines is 1. The van der Waals surface area contributed by atoms with E-state index in [1.165, 1.54) is 11.0 Å². The van der Waals surface area contributed by atoms with Crippen LogP contribution >= 0.6 is 11.6 Å². The quantitative estimate of drug-likeness (QED) is 0.691. The van der Waals surface area contributed by atoms with Gasteiger partial charge in [-0.05, 0) is 36.4 Å². The number of rotatable bonds is 2. The third kappa shape index (κ3) is 2.37. The van der Waals surface area contributed by atoms with E-state index in [2.05, 4.69) is 9.97 Å². The SMILES string of the molecule is CC1C(=O)C(=O)N(c2ccc3nc[nH]c3c2)C1c1cc(Cl)ccc1O. The summed E-state index contributed by atoms with van der Waals surface area (Å²) in [5.74, 6) is -1.70. The number of nitrogens with zero attached hydrogens (tertiary/aromatic N) is 2. The van der Waals surface area contributed by atoms with Crippen LogP contribution in [0.4, 0.5) is 5.69 Å². The van der Waals surface area contributed by atoms with Gasteiger partial charge in [-0.1, -0.05) is 18.5 Å². The number of hydrogen-bond acceptors (Lipinski definition) is 4. The second-order valence-corrected chi connectivity index (χ2v) is 6.52. The second-order valence-electron chi connectivity index (χ2n) is 6.08. The lowest BCUT2D eigenvalue weighted by Gasteiger charge is -2.27. The van der Waals surface area contributed by atoms with Crippen molar-refractivity contribution in [2.45, 2.75) is 13.0 Å². The Balaban J connectivity index is 1.89. The first-order chi connectivity index (χ1) is 12.0. The highest BCUT2D eigenvalue weighted by atomic mass is 35.5. The highest BCUT2D eigenvalue weighted by Gasteiger charge is 2.47. The normalized spacial score (nSPS) is 20.6. The molecule has 1 aliphatic rings. The summed E-state index contributed by atoms with van der Waals surface area (Å²) >= 11 is 6.06. The number of aromatic nitrogens is 2. The van der Waals surface area contributed by atoms with E-state index in [1.54, 1.807) is 43.6 Å². The highest BCUT2D eigenvalue weighted by Crippen LogP contribution is 2.43. The molecular formula is C18H14ClN3O3. The summed E-state index contributed by atoms with van der Waals surface area (Å²) in [7, 11) is 0. The molecule has 2 atom stereocenters. The molecule has 126 valence electrons. The second kappa shape index (κ2) is 5.60. The molecule has 2 N–H and O–H groups in total. The fraction of sp³-hybridized carbons (Fsp3) is 0.167. The molecule has 2 heterocycles. The van der Waals surface area contributed by atoms with Crippen LogP contribution in [0.3, 0.4) is 0 Å². The molecule has 1 amide bonds. The molecule has 7 heteroatoms. The number of hydrogen-bond donors (Lipinski definition) is 2. The number of carbonyl (C=O) groups excluding carboxylic acids is 2. The van der Waals surface area contributed by atoms with Crippen molar-refractivity contribution in [3.8, 4) is 5.75 Å². The summed E-state index contributed by atoms with van der Waals surface area (Å²) in [4.78, 5) is 33.5. The summed E-state index contributed by atoms with van der Waals surface area (Å²) in [5.41, 5.74) is 2.52. The van der Waals surface area contributed by atoms with Gasteiger partial charge in [0.25, 0.3) is 5.91 Å². The number of imidazole rings is 1. The van der Waals surface area contributed by atoms with Crippen molar-refractivity contribution in [2.24, 2.45) is 5.92 Å². The molecule has 3 aromatic rings. The summed E-state index contributed by atoms with van der Waals surface area (Å²) in [6, 6.07) is 9.27. The molecule has 0 aliphatic carbocycles. The predicted molar refractivity (Wildman–Crippen MR) is 93.6 cm³/mol. The minimum Gasteiger partial charge on any atom is -0.508 e. The van der Waals surface area contributed by atoms with Crippen LogP contribution in [0, 0.1) is 5.92 Å². The summed E-state index contributed by atoms with van der Waals surface area (Å²) in [5, 5.41) is 10.7. The van der Waals surface area contributed by atoms with Crippen LogP contribution in [0.25, 0.3) is 11.0 Å². The van der Waals surface area contributed by atoms with E-state index in [0.717, 1.165) is 11.0 Å². The molecule has 0 spiro atoms. The van der Waals surface area contributed by atoms with Crippen molar-refractivity contribution < 1.29 is 14.7 Å². The standard InChI is InChI=1S/C18H14ClN3O3/c1-9-16(12-6-10(19)2-5-15(12)23)22(18(25)17(9)24)11-3-4-13-14(7-11)21-8-20-13/h2-9,16,23H,1H3,(H,20,21). The van der Waals surface area contributed by atoms with Crippen LogP contribution < -0.4 is 4.90 Å². The van der Waals surface area contributed by atoms with Gasteiger partial charge in [-0.15, -0.1) is 0 Å². The number of benzene rings is 2. The molecule has 1 aliphatic heterocycles. The molecule has 1 fully saturated rings. The van der Waals surface area contributed by atoms with Gasteiger partial charge >= 0.3 is 0 Å². The third-order valence-electron chi connectivity index (χ3n) is 4.59. The maximum absolute atomic E-state index is 12.6. The van der Waals surface area contributed by atoms with Crippen molar-refractivity contribution in [1.82, 2.24) is 9.97 Å². The van der Waals surface area contributed by atoms with E-state index in [1.807, 2.05) is 0 Å². The molecule has 6 nitrogen and oxygen atoms in total. The Morgan fingerprint density at radius 2 is 2.00 bits per heavy atom. The Bertz CT molecular complexity index is 1010. The number of H-pyrrole nitrogens is 1. The van der Waals surface area contributed by atoms with E-state index < -0.39 is 23.7 Å². The number of phenols is 1. The Kier molecular flexibility index (Phi) is 3.51. The Morgan fingerprint density at radius 3 is 2.80 bits per heavy atom. The number of phenolic OH excluding ortho intramolecular Hbond substituents is 1. The smallest absolute Gasteiger partial charge is 0.295 e. The van der Waals surface area contributed by atoms with Crippen molar-refractivity contribution in [3.63, 3.8) is 0 Å². The number of halogens is 1. The molecule has 0 saturated carbocycles. The molecule has 1 saturated heterocycles. The summed E-state index contributed by atoms with van der Waals surface area (Å²) in [6.45, 7) is 1.68. The van der Waals surface area contributed by atoms with Crippen LogP contribution in [0.15, 0.2) is 42.7 Å². The Morgan fingerprint density at radius 1 is 1.20 bits per heavy atom. The Hall–Kier alpha value is -2.86.